The molecule has 3 N–H and O–H groups in total. The van der Waals surface area contributed by atoms with E-state index < -0.39 is 18.1 Å². The quantitative estimate of drug-likeness (QED) is 0.573. The van der Waals surface area contributed by atoms with Crippen LogP contribution in [-0.2, 0) is 14.3 Å². The summed E-state index contributed by atoms with van der Waals surface area (Å²) in [5.74, 6) is -1.48. The average molecular weight is 231 g/mol. The minimum atomic E-state index is -1.11. The van der Waals surface area contributed by atoms with Crippen LogP contribution in [0.2, 0.25) is 0 Å². The van der Waals surface area contributed by atoms with E-state index in [1.807, 2.05) is 0 Å². The van der Waals surface area contributed by atoms with E-state index in [9.17, 15) is 14.7 Å². The third-order valence-corrected chi connectivity index (χ3v) is 2.73. The topological polar surface area (TPSA) is 95.9 Å². The van der Waals surface area contributed by atoms with Gasteiger partial charge in [0.05, 0.1) is 12.1 Å². The second-order valence-electron chi connectivity index (χ2n) is 4.08. The molecule has 0 heterocycles. The zero-order valence-electron chi connectivity index (χ0n) is 9.07. The fourth-order valence-electron chi connectivity index (χ4n) is 1.94. The van der Waals surface area contributed by atoms with Crippen molar-refractivity contribution in [3.8, 4) is 0 Å². The Morgan fingerprint density at radius 2 is 1.88 bits per heavy atom. The molecule has 1 aliphatic carbocycles. The maximum Gasteiger partial charge on any atom is 0.329 e. The summed E-state index contributed by atoms with van der Waals surface area (Å²) in [6, 6.07) is 0. The van der Waals surface area contributed by atoms with Crippen LogP contribution >= 0.6 is 0 Å². The van der Waals surface area contributed by atoms with Gasteiger partial charge in [-0.3, -0.25) is 4.79 Å². The van der Waals surface area contributed by atoms with E-state index >= 15 is 0 Å². The highest BCUT2D eigenvalue weighted by Gasteiger charge is 2.34. The van der Waals surface area contributed by atoms with Crippen LogP contribution in [0, 0.1) is 0 Å². The third kappa shape index (κ3) is 3.79. The summed E-state index contributed by atoms with van der Waals surface area (Å²) in [4.78, 5) is 21.6. The van der Waals surface area contributed by atoms with Crippen molar-refractivity contribution in [2.24, 2.45) is 0 Å². The Labute approximate surface area is 93.6 Å². The van der Waals surface area contributed by atoms with Gasteiger partial charge in [0.1, 0.15) is 13.2 Å². The number of carboxylic acids is 1. The molecule has 6 nitrogen and oxygen atoms in total. The molecule has 0 radical (unpaired) electrons. The van der Waals surface area contributed by atoms with Crippen molar-refractivity contribution in [2.45, 2.75) is 31.2 Å². The Morgan fingerprint density at radius 3 is 2.38 bits per heavy atom. The monoisotopic (exact) mass is 231 g/mol. The molecule has 1 aliphatic rings. The molecule has 0 aromatic heterocycles. The average Bonchev–Trinajstić information content (AvgIpc) is 2.66. The lowest BCUT2D eigenvalue weighted by Crippen LogP contribution is -2.50. The summed E-state index contributed by atoms with van der Waals surface area (Å²) in [6.45, 7) is -0.856. The Kier molecular flexibility index (Phi) is 4.70. The fourth-order valence-corrected chi connectivity index (χ4v) is 1.94. The molecule has 1 saturated carbocycles. The number of carbonyl (C=O) groups excluding carboxylic acids is 1. The van der Waals surface area contributed by atoms with Gasteiger partial charge in [-0.1, -0.05) is 12.8 Å². The lowest BCUT2D eigenvalue weighted by Gasteiger charge is -2.27. The van der Waals surface area contributed by atoms with E-state index in [2.05, 4.69) is 10.1 Å². The van der Waals surface area contributed by atoms with Gasteiger partial charge in [0.2, 0.25) is 5.91 Å². The van der Waals surface area contributed by atoms with E-state index in [0.717, 1.165) is 25.7 Å². The largest absolute Gasteiger partial charge is 0.480 e. The van der Waals surface area contributed by atoms with Crippen molar-refractivity contribution in [3.63, 3.8) is 0 Å². The standard InChI is InChI=1S/C10H17NO5/c12-7-10(3-1-2-4-10)11-8(13)5-16-6-9(14)15/h12H,1-7H2,(H,11,13)(H,14,15). The molecule has 0 bridgehead atoms. The van der Waals surface area contributed by atoms with Gasteiger partial charge in [0.15, 0.2) is 0 Å². The summed E-state index contributed by atoms with van der Waals surface area (Å²) >= 11 is 0. The summed E-state index contributed by atoms with van der Waals surface area (Å²) in [6.07, 6.45) is 3.48. The van der Waals surface area contributed by atoms with Crippen molar-refractivity contribution in [1.29, 1.82) is 0 Å². The van der Waals surface area contributed by atoms with Crippen molar-refractivity contribution >= 4 is 11.9 Å². The van der Waals surface area contributed by atoms with Crippen LogP contribution in [-0.4, -0.2) is 47.4 Å². The Balaban J connectivity index is 2.29. The molecule has 0 saturated heterocycles. The van der Waals surface area contributed by atoms with Crippen LogP contribution in [0.1, 0.15) is 25.7 Å². The number of aliphatic hydroxyl groups excluding tert-OH is 1. The number of rotatable bonds is 6. The summed E-state index contributed by atoms with van der Waals surface area (Å²) in [5.41, 5.74) is -0.524. The number of ether oxygens (including phenoxy) is 1. The van der Waals surface area contributed by atoms with Crippen molar-refractivity contribution in [2.75, 3.05) is 19.8 Å². The maximum atomic E-state index is 11.4. The number of hydrogen-bond acceptors (Lipinski definition) is 4. The summed E-state index contributed by atoms with van der Waals surface area (Å²) < 4.78 is 4.66. The van der Waals surface area contributed by atoms with Crippen molar-refractivity contribution in [1.82, 2.24) is 5.32 Å². The molecular weight excluding hydrogens is 214 g/mol. The van der Waals surface area contributed by atoms with E-state index in [1.165, 1.54) is 0 Å². The summed E-state index contributed by atoms with van der Waals surface area (Å²) in [5, 5.41) is 20.2. The van der Waals surface area contributed by atoms with Gasteiger partial charge in [0.25, 0.3) is 0 Å². The molecule has 6 heteroatoms. The second-order valence-corrected chi connectivity index (χ2v) is 4.08. The third-order valence-electron chi connectivity index (χ3n) is 2.73. The molecule has 1 amide bonds. The number of aliphatic hydroxyl groups is 1. The van der Waals surface area contributed by atoms with Crippen LogP contribution in [0.5, 0.6) is 0 Å². The number of aliphatic carboxylic acids is 1. The van der Waals surface area contributed by atoms with E-state index in [1.54, 1.807) is 0 Å². The second kappa shape index (κ2) is 5.81. The Hall–Kier alpha value is -1.14. The highest BCUT2D eigenvalue weighted by atomic mass is 16.5. The fraction of sp³-hybridized carbons (Fsp3) is 0.800. The van der Waals surface area contributed by atoms with Gasteiger partial charge in [0, 0.05) is 0 Å². The molecule has 16 heavy (non-hydrogen) atoms. The van der Waals surface area contributed by atoms with Gasteiger partial charge < -0.3 is 20.3 Å². The molecule has 0 unspecified atom stereocenters. The first-order valence-corrected chi connectivity index (χ1v) is 5.29. The SMILES string of the molecule is O=C(O)COCC(=O)NC1(CO)CCCC1. The minimum Gasteiger partial charge on any atom is -0.480 e. The zero-order valence-corrected chi connectivity index (χ0v) is 9.07. The van der Waals surface area contributed by atoms with Crippen LogP contribution in [0.25, 0.3) is 0 Å². The van der Waals surface area contributed by atoms with E-state index in [-0.39, 0.29) is 19.1 Å². The number of hydrogen-bond donors (Lipinski definition) is 3. The molecule has 0 spiro atoms. The summed E-state index contributed by atoms with van der Waals surface area (Å²) in [7, 11) is 0. The smallest absolute Gasteiger partial charge is 0.329 e. The van der Waals surface area contributed by atoms with Crippen LogP contribution in [0.15, 0.2) is 0 Å². The predicted octanol–water partition coefficient (Wildman–Crippen LogP) is -0.491. The maximum absolute atomic E-state index is 11.4. The van der Waals surface area contributed by atoms with Gasteiger partial charge >= 0.3 is 5.97 Å². The van der Waals surface area contributed by atoms with E-state index in [0.29, 0.717) is 0 Å². The Morgan fingerprint density at radius 1 is 1.25 bits per heavy atom. The van der Waals surface area contributed by atoms with Gasteiger partial charge in [-0.05, 0) is 12.8 Å². The first-order chi connectivity index (χ1) is 7.58. The molecular formula is C10H17NO5. The number of nitrogens with one attached hydrogen (secondary N) is 1. The van der Waals surface area contributed by atoms with Crippen molar-refractivity contribution in [3.05, 3.63) is 0 Å². The van der Waals surface area contributed by atoms with Crippen LogP contribution in [0.3, 0.4) is 0 Å². The first kappa shape index (κ1) is 12.9. The van der Waals surface area contributed by atoms with Crippen LogP contribution in [0.4, 0.5) is 0 Å². The molecule has 1 rings (SSSR count). The lowest BCUT2D eigenvalue weighted by molar-refractivity contribution is -0.143. The number of carbonyl (C=O) groups is 2. The molecule has 0 aliphatic heterocycles. The molecule has 0 aromatic carbocycles. The van der Waals surface area contributed by atoms with Crippen molar-refractivity contribution < 1.29 is 24.5 Å². The highest BCUT2D eigenvalue weighted by Crippen LogP contribution is 2.28. The minimum absolute atomic E-state index is 0.0856. The van der Waals surface area contributed by atoms with E-state index in [4.69, 9.17) is 5.11 Å². The van der Waals surface area contributed by atoms with Gasteiger partial charge in [-0.2, -0.15) is 0 Å². The molecule has 92 valence electrons. The first-order valence-electron chi connectivity index (χ1n) is 5.29. The van der Waals surface area contributed by atoms with Crippen LogP contribution < -0.4 is 5.32 Å². The van der Waals surface area contributed by atoms with Gasteiger partial charge in [-0.25, -0.2) is 4.79 Å². The number of carboxylic acid groups (broad SMARTS) is 1. The predicted molar refractivity (Wildman–Crippen MR) is 54.9 cm³/mol. The zero-order chi connectivity index (χ0) is 12.0. The highest BCUT2D eigenvalue weighted by molar-refractivity contribution is 5.78. The lowest BCUT2D eigenvalue weighted by atomic mass is 9.99. The molecule has 1 fully saturated rings. The Bertz CT molecular complexity index is 260. The normalized spacial score (nSPS) is 18.3. The molecule has 0 aromatic rings. The number of amides is 1. The van der Waals surface area contributed by atoms with Gasteiger partial charge in [-0.15, -0.1) is 0 Å². The molecule has 0 atom stereocenters.